The van der Waals surface area contributed by atoms with E-state index in [4.69, 9.17) is 0 Å². The van der Waals surface area contributed by atoms with Crippen molar-refractivity contribution in [3.63, 3.8) is 0 Å². The standard InChI is InChI=1S/C42H27N/c1-2-12-29-25-31(22-21-28(29)11-1)43(42-26-30-13-3-4-14-33(30)34-15-9-10-20-40(34)42)32-23-24-39-37-18-6-5-16-35(37)36-17-7-8-19-38(36)41(39)27-32/h1-27H. The Kier molecular flexibility index (Phi) is 5.27. The van der Waals surface area contributed by atoms with Crippen molar-refractivity contribution in [2.45, 2.75) is 0 Å². The van der Waals surface area contributed by atoms with E-state index in [1.54, 1.807) is 0 Å². The van der Waals surface area contributed by atoms with Crippen molar-refractivity contribution < 1.29 is 0 Å². The third-order valence-corrected chi connectivity index (χ3v) is 8.96. The highest BCUT2D eigenvalue weighted by molar-refractivity contribution is 6.26. The molecule has 0 heterocycles. The molecule has 0 saturated carbocycles. The molecule has 0 saturated heterocycles. The van der Waals surface area contributed by atoms with E-state index in [2.05, 4.69) is 169 Å². The number of rotatable bonds is 3. The molecule has 0 aliphatic carbocycles. The van der Waals surface area contributed by atoms with Crippen LogP contribution in [-0.4, -0.2) is 0 Å². The minimum absolute atomic E-state index is 1.14. The second-order valence-electron chi connectivity index (χ2n) is 11.4. The molecule has 9 rings (SSSR count). The topological polar surface area (TPSA) is 3.24 Å². The van der Waals surface area contributed by atoms with E-state index in [-0.39, 0.29) is 0 Å². The van der Waals surface area contributed by atoms with E-state index < -0.39 is 0 Å². The summed E-state index contributed by atoms with van der Waals surface area (Å²) < 4.78 is 0. The van der Waals surface area contributed by atoms with Crippen molar-refractivity contribution in [3.8, 4) is 0 Å². The predicted molar refractivity (Wildman–Crippen MR) is 186 cm³/mol. The van der Waals surface area contributed by atoms with Gasteiger partial charge in [-0.2, -0.15) is 0 Å². The second-order valence-corrected chi connectivity index (χ2v) is 11.4. The molecule has 0 aliphatic heterocycles. The van der Waals surface area contributed by atoms with Gasteiger partial charge in [0.25, 0.3) is 0 Å². The molecular weight excluding hydrogens is 518 g/mol. The predicted octanol–water partition coefficient (Wildman–Crippen LogP) is 12.1. The fourth-order valence-electron chi connectivity index (χ4n) is 7.00. The lowest BCUT2D eigenvalue weighted by Gasteiger charge is -2.28. The lowest BCUT2D eigenvalue weighted by Crippen LogP contribution is -2.10. The van der Waals surface area contributed by atoms with Crippen LogP contribution in [-0.2, 0) is 0 Å². The van der Waals surface area contributed by atoms with Crippen LogP contribution in [0.15, 0.2) is 164 Å². The maximum atomic E-state index is 2.45. The summed E-state index contributed by atoms with van der Waals surface area (Å²) >= 11 is 0. The first-order valence-electron chi connectivity index (χ1n) is 14.9. The zero-order valence-corrected chi connectivity index (χ0v) is 23.5. The Balaban J connectivity index is 1.40. The first kappa shape index (κ1) is 24.0. The van der Waals surface area contributed by atoms with Crippen molar-refractivity contribution in [2.75, 3.05) is 4.90 Å². The third-order valence-electron chi connectivity index (χ3n) is 8.96. The molecule has 0 aromatic heterocycles. The molecule has 0 fully saturated rings. The SMILES string of the molecule is c1ccc2cc(N(c3ccc4c5ccccc5c5ccccc5c4c3)c3cc4ccccc4c4ccccc34)ccc2c1. The highest BCUT2D eigenvalue weighted by Crippen LogP contribution is 2.44. The van der Waals surface area contributed by atoms with Gasteiger partial charge in [-0.05, 0) is 89.6 Å². The minimum atomic E-state index is 1.14. The summed E-state index contributed by atoms with van der Waals surface area (Å²) in [5.41, 5.74) is 3.46. The van der Waals surface area contributed by atoms with Gasteiger partial charge >= 0.3 is 0 Å². The van der Waals surface area contributed by atoms with Crippen LogP contribution in [0.2, 0.25) is 0 Å². The highest BCUT2D eigenvalue weighted by Gasteiger charge is 2.19. The average molecular weight is 546 g/mol. The molecule has 43 heavy (non-hydrogen) atoms. The fraction of sp³-hybridized carbons (Fsp3) is 0. The van der Waals surface area contributed by atoms with Crippen LogP contribution in [0.1, 0.15) is 0 Å². The molecule has 9 aromatic rings. The van der Waals surface area contributed by atoms with Gasteiger partial charge in [0.05, 0.1) is 5.69 Å². The zero-order valence-electron chi connectivity index (χ0n) is 23.5. The number of benzene rings is 9. The average Bonchev–Trinajstić information content (AvgIpc) is 3.08. The second kappa shape index (κ2) is 9.44. The van der Waals surface area contributed by atoms with Gasteiger partial charge in [-0.25, -0.2) is 0 Å². The van der Waals surface area contributed by atoms with Gasteiger partial charge in [0, 0.05) is 16.8 Å². The van der Waals surface area contributed by atoms with Crippen molar-refractivity contribution >= 4 is 81.7 Å². The van der Waals surface area contributed by atoms with E-state index in [0.717, 1.165) is 11.4 Å². The van der Waals surface area contributed by atoms with Gasteiger partial charge in [0.2, 0.25) is 0 Å². The molecule has 0 amide bonds. The zero-order chi connectivity index (χ0) is 28.3. The summed E-state index contributed by atoms with van der Waals surface area (Å²) in [6, 6.07) is 59.9. The van der Waals surface area contributed by atoms with Crippen LogP contribution in [0.25, 0.3) is 64.6 Å². The highest BCUT2D eigenvalue weighted by atomic mass is 15.1. The summed E-state index contributed by atoms with van der Waals surface area (Å²) in [6.45, 7) is 0. The summed E-state index contributed by atoms with van der Waals surface area (Å²) in [4.78, 5) is 2.45. The summed E-state index contributed by atoms with van der Waals surface area (Å²) in [5, 5.41) is 15.2. The molecule has 0 radical (unpaired) electrons. The minimum Gasteiger partial charge on any atom is -0.310 e. The van der Waals surface area contributed by atoms with Gasteiger partial charge in [-0.1, -0.05) is 133 Å². The Morgan fingerprint density at radius 3 is 1.37 bits per heavy atom. The van der Waals surface area contributed by atoms with E-state index in [0.29, 0.717) is 0 Å². The van der Waals surface area contributed by atoms with Crippen LogP contribution in [0.5, 0.6) is 0 Å². The number of anilines is 3. The molecule has 0 N–H and O–H groups in total. The molecular formula is C42H27N. The van der Waals surface area contributed by atoms with Gasteiger partial charge < -0.3 is 4.90 Å². The summed E-state index contributed by atoms with van der Waals surface area (Å²) in [7, 11) is 0. The van der Waals surface area contributed by atoms with Crippen LogP contribution in [0.4, 0.5) is 17.1 Å². The number of nitrogens with zero attached hydrogens (tertiary/aromatic N) is 1. The lowest BCUT2D eigenvalue weighted by atomic mass is 9.93. The Morgan fingerprint density at radius 2 is 0.698 bits per heavy atom. The van der Waals surface area contributed by atoms with E-state index in [1.165, 1.54) is 70.3 Å². The van der Waals surface area contributed by atoms with E-state index in [1.807, 2.05) is 0 Å². The smallest absolute Gasteiger partial charge is 0.0546 e. The lowest BCUT2D eigenvalue weighted by molar-refractivity contribution is 1.31. The molecule has 1 heteroatoms. The number of fused-ring (bicyclic) bond motifs is 10. The molecule has 9 aromatic carbocycles. The maximum Gasteiger partial charge on any atom is 0.0546 e. The normalized spacial score (nSPS) is 11.7. The van der Waals surface area contributed by atoms with Crippen molar-refractivity contribution in [1.82, 2.24) is 0 Å². The third kappa shape index (κ3) is 3.72. The summed E-state index contributed by atoms with van der Waals surface area (Å²) in [6.07, 6.45) is 0. The molecule has 0 bridgehead atoms. The Bertz CT molecular complexity index is 2490. The monoisotopic (exact) mass is 545 g/mol. The van der Waals surface area contributed by atoms with Gasteiger partial charge in [0.1, 0.15) is 0 Å². The molecule has 0 unspecified atom stereocenters. The molecule has 0 spiro atoms. The van der Waals surface area contributed by atoms with E-state index >= 15 is 0 Å². The largest absolute Gasteiger partial charge is 0.310 e. The quantitative estimate of drug-likeness (QED) is 0.200. The number of hydrogen-bond donors (Lipinski definition) is 0. The van der Waals surface area contributed by atoms with E-state index in [9.17, 15) is 0 Å². The Morgan fingerprint density at radius 1 is 0.256 bits per heavy atom. The first-order valence-corrected chi connectivity index (χ1v) is 14.9. The van der Waals surface area contributed by atoms with Crippen LogP contribution in [0.3, 0.4) is 0 Å². The van der Waals surface area contributed by atoms with Crippen LogP contribution in [0, 0.1) is 0 Å². The Labute approximate surface area is 249 Å². The van der Waals surface area contributed by atoms with Gasteiger partial charge in [0.15, 0.2) is 0 Å². The number of hydrogen-bond acceptors (Lipinski definition) is 1. The molecule has 200 valence electrons. The van der Waals surface area contributed by atoms with Crippen molar-refractivity contribution in [3.05, 3.63) is 164 Å². The summed E-state index contributed by atoms with van der Waals surface area (Å²) in [5.74, 6) is 0. The Hall–Kier alpha value is -5.66. The fourth-order valence-corrected chi connectivity index (χ4v) is 7.00. The maximum absolute atomic E-state index is 2.45. The molecule has 0 atom stereocenters. The van der Waals surface area contributed by atoms with Crippen molar-refractivity contribution in [2.24, 2.45) is 0 Å². The molecule has 0 aliphatic rings. The van der Waals surface area contributed by atoms with Gasteiger partial charge in [-0.3, -0.25) is 0 Å². The first-order chi connectivity index (χ1) is 21.3. The van der Waals surface area contributed by atoms with Crippen LogP contribution < -0.4 is 4.90 Å². The molecule has 1 nitrogen and oxygen atoms in total. The van der Waals surface area contributed by atoms with Crippen molar-refractivity contribution in [1.29, 1.82) is 0 Å². The van der Waals surface area contributed by atoms with Gasteiger partial charge in [-0.15, -0.1) is 0 Å². The van der Waals surface area contributed by atoms with Crippen LogP contribution >= 0.6 is 0 Å².